The van der Waals surface area contributed by atoms with Crippen LogP contribution in [0.25, 0.3) is 0 Å². The summed E-state index contributed by atoms with van der Waals surface area (Å²) < 4.78 is 0. The highest BCUT2D eigenvalue weighted by atomic mass is 32.1. The van der Waals surface area contributed by atoms with Crippen molar-refractivity contribution in [2.45, 2.75) is 64.7 Å². The zero-order valence-electron chi connectivity index (χ0n) is 10.2. The highest BCUT2D eigenvalue weighted by Gasteiger charge is 2.04. The van der Waals surface area contributed by atoms with E-state index in [1.807, 2.05) is 11.3 Å². The van der Waals surface area contributed by atoms with E-state index in [2.05, 4.69) is 30.7 Å². The molecule has 0 fully saturated rings. The van der Waals surface area contributed by atoms with Gasteiger partial charge in [0.2, 0.25) is 0 Å². The average molecular weight is 224 g/mol. The molecule has 0 bridgehead atoms. The molecular formula is C14H24S. The van der Waals surface area contributed by atoms with Crippen LogP contribution in [0.15, 0.2) is 16.8 Å². The van der Waals surface area contributed by atoms with Gasteiger partial charge in [0.1, 0.15) is 0 Å². The van der Waals surface area contributed by atoms with Crippen LogP contribution in [0.3, 0.4) is 0 Å². The molecule has 15 heavy (non-hydrogen) atoms. The molecule has 0 saturated carbocycles. The van der Waals surface area contributed by atoms with Crippen LogP contribution >= 0.6 is 11.3 Å². The predicted octanol–water partition coefficient (Wildman–Crippen LogP) is 5.60. The summed E-state index contributed by atoms with van der Waals surface area (Å²) in [5.74, 6) is 0.766. The minimum absolute atomic E-state index is 0.766. The van der Waals surface area contributed by atoms with E-state index in [1.54, 1.807) is 0 Å². The van der Waals surface area contributed by atoms with Crippen molar-refractivity contribution in [3.05, 3.63) is 22.4 Å². The first-order valence-electron chi connectivity index (χ1n) is 6.36. The molecule has 0 aliphatic carbocycles. The molecule has 0 amide bonds. The summed E-state index contributed by atoms with van der Waals surface area (Å²) in [6.45, 7) is 4.63. The van der Waals surface area contributed by atoms with E-state index in [-0.39, 0.29) is 0 Å². The summed E-state index contributed by atoms with van der Waals surface area (Å²) in [6.07, 6.45) is 9.83. The normalized spacial score (nSPS) is 12.9. The van der Waals surface area contributed by atoms with E-state index < -0.39 is 0 Å². The van der Waals surface area contributed by atoms with E-state index in [1.165, 1.54) is 50.5 Å². The Balaban J connectivity index is 2.00. The number of rotatable bonds is 8. The molecule has 86 valence electrons. The first-order chi connectivity index (χ1) is 7.34. The van der Waals surface area contributed by atoms with Crippen molar-refractivity contribution in [3.8, 4) is 0 Å². The Morgan fingerprint density at radius 1 is 1.13 bits per heavy atom. The van der Waals surface area contributed by atoms with Gasteiger partial charge in [-0.05, 0) is 34.7 Å². The topological polar surface area (TPSA) is 0 Å². The van der Waals surface area contributed by atoms with Crippen molar-refractivity contribution in [2.75, 3.05) is 0 Å². The molecule has 0 radical (unpaired) electrons. The standard InChI is InChI=1S/C14H24S/c1-3-4-5-6-7-8-9-13(2)14-10-11-15-12-14/h10-13H,3-9H2,1-2H3. The van der Waals surface area contributed by atoms with Crippen LogP contribution < -0.4 is 0 Å². The summed E-state index contributed by atoms with van der Waals surface area (Å²) in [6, 6.07) is 2.27. The fourth-order valence-electron chi connectivity index (χ4n) is 1.95. The Morgan fingerprint density at radius 2 is 1.87 bits per heavy atom. The number of hydrogen-bond donors (Lipinski definition) is 0. The number of thiophene rings is 1. The lowest BCUT2D eigenvalue weighted by Crippen LogP contribution is -1.91. The third-order valence-corrected chi connectivity index (χ3v) is 3.80. The van der Waals surface area contributed by atoms with Gasteiger partial charge in [0, 0.05) is 0 Å². The van der Waals surface area contributed by atoms with E-state index in [4.69, 9.17) is 0 Å². The van der Waals surface area contributed by atoms with Crippen LogP contribution in [0.2, 0.25) is 0 Å². The summed E-state index contributed by atoms with van der Waals surface area (Å²) in [5.41, 5.74) is 1.54. The molecule has 0 aliphatic rings. The molecule has 0 spiro atoms. The van der Waals surface area contributed by atoms with Gasteiger partial charge in [-0.15, -0.1) is 0 Å². The highest BCUT2D eigenvalue weighted by Crippen LogP contribution is 2.23. The molecule has 1 heteroatoms. The first kappa shape index (κ1) is 12.8. The molecule has 1 atom stereocenters. The van der Waals surface area contributed by atoms with Gasteiger partial charge < -0.3 is 0 Å². The summed E-state index contributed by atoms with van der Waals surface area (Å²) in [7, 11) is 0. The third kappa shape index (κ3) is 5.36. The summed E-state index contributed by atoms with van der Waals surface area (Å²) >= 11 is 1.82. The Labute approximate surface area is 98.7 Å². The Bertz CT molecular complexity index is 225. The predicted molar refractivity (Wildman–Crippen MR) is 70.7 cm³/mol. The molecule has 0 N–H and O–H groups in total. The van der Waals surface area contributed by atoms with E-state index in [0.717, 1.165) is 5.92 Å². The maximum Gasteiger partial charge on any atom is -0.00585 e. The number of hydrogen-bond acceptors (Lipinski definition) is 1. The van der Waals surface area contributed by atoms with Gasteiger partial charge in [0.15, 0.2) is 0 Å². The molecule has 0 nitrogen and oxygen atoms in total. The average Bonchev–Trinajstić information content (AvgIpc) is 2.76. The van der Waals surface area contributed by atoms with Crippen LogP contribution in [-0.4, -0.2) is 0 Å². The maximum absolute atomic E-state index is 2.36. The smallest absolute Gasteiger partial charge is 0.00585 e. The van der Waals surface area contributed by atoms with Crippen LogP contribution in [0.1, 0.15) is 70.3 Å². The molecule has 1 heterocycles. The van der Waals surface area contributed by atoms with Crippen molar-refractivity contribution in [3.63, 3.8) is 0 Å². The van der Waals surface area contributed by atoms with E-state index in [0.29, 0.717) is 0 Å². The van der Waals surface area contributed by atoms with Gasteiger partial charge in [-0.3, -0.25) is 0 Å². The van der Waals surface area contributed by atoms with Gasteiger partial charge >= 0.3 is 0 Å². The lowest BCUT2D eigenvalue weighted by atomic mass is 9.97. The second-order valence-corrected chi connectivity index (χ2v) is 5.29. The fraction of sp³-hybridized carbons (Fsp3) is 0.714. The van der Waals surface area contributed by atoms with Gasteiger partial charge in [-0.1, -0.05) is 52.4 Å². The van der Waals surface area contributed by atoms with Gasteiger partial charge in [0.25, 0.3) is 0 Å². The van der Waals surface area contributed by atoms with Crippen molar-refractivity contribution in [1.29, 1.82) is 0 Å². The molecule has 1 unspecified atom stereocenters. The quantitative estimate of drug-likeness (QED) is 0.504. The highest BCUT2D eigenvalue weighted by molar-refractivity contribution is 7.07. The summed E-state index contributed by atoms with van der Waals surface area (Å²) in [4.78, 5) is 0. The van der Waals surface area contributed by atoms with Crippen molar-refractivity contribution in [1.82, 2.24) is 0 Å². The third-order valence-electron chi connectivity index (χ3n) is 3.10. The molecule has 0 aliphatic heterocycles. The van der Waals surface area contributed by atoms with E-state index in [9.17, 15) is 0 Å². The monoisotopic (exact) mass is 224 g/mol. The molecule has 0 saturated heterocycles. The van der Waals surface area contributed by atoms with Crippen molar-refractivity contribution < 1.29 is 0 Å². The Kier molecular flexibility index (Phi) is 6.74. The van der Waals surface area contributed by atoms with E-state index >= 15 is 0 Å². The molecular weight excluding hydrogens is 200 g/mol. The van der Waals surface area contributed by atoms with Gasteiger partial charge in [-0.25, -0.2) is 0 Å². The van der Waals surface area contributed by atoms with Crippen LogP contribution in [0, 0.1) is 0 Å². The molecule has 1 aromatic rings. The minimum atomic E-state index is 0.766. The minimum Gasteiger partial charge on any atom is -0.152 e. The SMILES string of the molecule is CCCCCCCCC(C)c1ccsc1. The van der Waals surface area contributed by atoms with Crippen molar-refractivity contribution >= 4 is 11.3 Å². The van der Waals surface area contributed by atoms with Crippen LogP contribution in [0.5, 0.6) is 0 Å². The Hall–Kier alpha value is -0.300. The fourth-order valence-corrected chi connectivity index (χ4v) is 2.74. The zero-order chi connectivity index (χ0) is 10.9. The molecule has 1 aromatic heterocycles. The number of unbranched alkanes of at least 4 members (excludes halogenated alkanes) is 5. The zero-order valence-corrected chi connectivity index (χ0v) is 11.0. The maximum atomic E-state index is 2.36. The Morgan fingerprint density at radius 3 is 2.53 bits per heavy atom. The van der Waals surface area contributed by atoms with Crippen LogP contribution in [0.4, 0.5) is 0 Å². The molecule has 0 aromatic carbocycles. The van der Waals surface area contributed by atoms with Gasteiger partial charge in [0.05, 0.1) is 0 Å². The first-order valence-corrected chi connectivity index (χ1v) is 7.31. The molecule has 1 rings (SSSR count). The summed E-state index contributed by atoms with van der Waals surface area (Å²) in [5, 5.41) is 4.48. The van der Waals surface area contributed by atoms with Gasteiger partial charge in [-0.2, -0.15) is 11.3 Å². The lowest BCUT2D eigenvalue weighted by Gasteiger charge is -2.08. The second kappa shape index (κ2) is 7.92. The largest absolute Gasteiger partial charge is 0.152 e. The lowest BCUT2D eigenvalue weighted by molar-refractivity contribution is 0.557. The van der Waals surface area contributed by atoms with Crippen molar-refractivity contribution in [2.24, 2.45) is 0 Å². The second-order valence-electron chi connectivity index (χ2n) is 4.51. The van der Waals surface area contributed by atoms with Crippen LogP contribution in [-0.2, 0) is 0 Å².